The Morgan fingerprint density at radius 1 is 1.43 bits per heavy atom. The number of rotatable bonds is 5. The summed E-state index contributed by atoms with van der Waals surface area (Å²) in [6.07, 6.45) is 0.766. The molecule has 0 aliphatic carbocycles. The number of halogens is 1. The molecule has 0 radical (unpaired) electrons. The average Bonchev–Trinajstić information content (AvgIpc) is 2.86. The fraction of sp³-hybridized carbons (Fsp3) is 0.333. The van der Waals surface area contributed by atoms with Crippen molar-refractivity contribution in [2.45, 2.75) is 26.3 Å². The van der Waals surface area contributed by atoms with Crippen molar-refractivity contribution in [3.8, 4) is 11.3 Å². The van der Waals surface area contributed by atoms with Crippen LogP contribution in [0.2, 0.25) is 0 Å². The second-order valence-corrected chi connectivity index (χ2v) is 5.89. The number of nitro benzene ring substituents is 1. The lowest BCUT2D eigenvalue weighted by atomic mass is 10.1. The molecule has 5 nitrogen and oxygen atoms in total. The van der Waals surface area contributed by atoms with Crippen LogP contribution in [0.1, 0.15) is 18.2 Å². The van der Waals surface area contributed by atoms with Crippen LogP contribution < -0.4 is 5.32 Å². The zero-order valence-electron chi connectivity index (χ0n) is 12.1. The monoisotopic (exact) mass is 352 g/mol. The van der Waals surface area contributed by atoms with E-state index in [9.17, 15) is 10.1 Å². The molecule has 1 aromatic heterocycles. The van der Waals surface area contributed by atoms with E-state index in [-0.39, 0.29) is 10.6 Å². The van der Waals surface area contributed by atoms with Crippen LogP contribution in [-0.2, 0) is 6.42 Å². The Morgan fingerprint density at radius 2 is 2.14 bits per heavy atom. The lowest BCUT2D eigenvalue weighted by Gasteiger charge is -2.07. The first-order valence-corrected chi connectivity index (χ1v) is 7.42. The van der Waals surface area contributed by atoms with E-state index in [1.54, 1.807) is 19.1 Å². The van der Waals surface area contributed by atoms with Crippen molar-refractivity contribution in [2.24, 2.45) is 0 Å². The smallest absolute Gasteiger partial charge is 0.273 e. The topological polar surface area (TPSA) is 68.3 Å². The van der Waals surface area contributed by atoms with Gasteiger partial charge >= 0.3 is 0 Å². The predicted molar refractivity (Wildman–Crippen MR) is 85.5 cm³/mol. The number of likely N-dealkylation sites (N-methyl/N-ethyl adjacent to an activating group) is 1. The first-order chi connectivity index (χ1) is 9.92. The van der Waals surface area contributed by atoms with Gasteiger partial charge in [0.15, 0.2) is 0 Å². The minimum absolute atomic E-state index is 0.0924. The quantitative estimate of drug-likeness (QED) is 0.650. The van der Waals surface area contributed by atoms with Gasteiger partial charge in [-0.25, -0.2) is 0 Å². The van der Waals surface area contributed by atoms with Crippen LogP contribution in [0.25, 0.3) is 11.3 Å². The van der Waals surface area contributed by atoms with Crippen LogP contribution in [0, 0.1) is 17.0 Å². The van der Waals surface area contributed by atoms with E-state index < -0.39 is 0 Å². The van der Waals surface area contributed by atoms with Gasteiger partial charge in [0.25, 0.3) is 5.69 Å². The molecular formula is C15H17BrN2O3. The third-order valence-electron chi connectivity index (χ3n) is 3.41. The average molecular weight is 353 g/mol. The van der Waals surface area contributed by atoms with Gasteiger partial charge < -0.3 is 9.73 Å². The number of nitrogens with one attached hydrogen (secondary N) is 1. The van der Waals surface area contributed by atoms with E-state index in [1.807, 2.05) is 19.2 Å². The first-order valence-electron chi connectivity index (χ1n) is 6.63. The SMILES string of the molecule is CNC(C)Cc1ccc(-c2cc([N+](=O)[O-])c(C)cc2Br)o1. The van der Waals surface area contributed by atoms with Crippen molar-refractivity contribution < 1.29 is 9.34 Å². The Balaban J connectivity index is 2.38. The Kier molecular flexibility index (Phi) is 4.80. The van der Waals surface area contributed by atoms with Crippen molar-refractivity contribution in [1.29, 1.82) is 0 Å². The summed E-state index contributed by atoms with van der Waals surface area (Å²) in [4.78, 5) is 10.7. The maximum Gasteiger partial charge on any atom is 0.273 e. The molecule has 112 valence electrons. The first kappa shape index (κ1) is 15.7. The van der Waals surface area contributed by atoms with E-state index in [0.29, 0.717) is 22.9 Å². The Morgan fingerprint density at radius 3 is 2.76 bits per heavy atom. The minimum atomic E-state index is -0.377. The molecule has 1 heterocycles. The maximum atomic E-state index is 11.1. The van der Waals surface area contributed by atoms with E-state index in [2.05, 4.69) is 28.2 Å². The lowest BCUT2D eigenvalue weighted by molar-refractivity contribution is -0.385. The molecule has 1 atom stereocenters. The number of nitrogens with zero attached hydrogens (tertiary/aromatic N) is 1. The number of nitro groups is 1. The van der Waals surface area contributed by atoms with E-state index >= 15 is 0 Å². The van der Waals surface area contributed by atoms with Crippen LogP contribution in [0.15, 0.2) is 33.2 Å². The molecule has 0 fully saturated rings. The van der Waals surface area contributed by atoms with Crippen LogP contribution in [-0.4, -0.2) is 18.0 Å². The zero-order chi connectivity index (χ0) is 15.6. The third kappa shape index (κ3) is 3.51. The molecule has 0 aliphatic rings. The molecule has 2 aromatic rings. The minimum Gasteiger partial charge on any atom is -0.461 e. The fourth-order valence-electron chi connectivity index (χ4n) is 2.08. The van der Waals surface area contributed by atoms with Gasteiger partial charge in [0.05, 0.1) is 4.92 Å². The second kappa shape index (κ2) is 6.41. The lowest BCUT2D eigenvalue weighted by Crippen LogP contribution is -2.23. The molecule has 1 unspecified atom stereocenters. The van der Waals surface area contributed by atoms with Gasteiger partial charge in [0, 0.05) is 34.1 Å². The summed E-state index contributed by atoms with van der Waals surface area (Å²) in [6, 6.07) is 7.34. The summed E-state index contributed by atoms with van der Waals surface area (Å²) in [5, 5.41) is 14.2. The molecule has 0 saturated heterocycles. The van der Waals surface area contributed by atoms with E-state index in [1.165, 1.54) is 0 Å². The van der Waals surface area contributed by atoms with Crippen molar-refractivity contribution in [2.75, 3.05) is 7.05 Å². The molecule has 0 bridgehead atoms. The highest BCUT2D eigenvalue weighted by Gasteiger charge is 2.17. The molecule has 6 heteroatoms. The summed E-state index contributed by atoms with van der Waals surface area (Å²) in [6.45, 7) is 3.78. The van der Waals surface area contributed by atoms with Crippen LogP contribution in [0.5, 0.6) is 0 Å². The van der Waals surface area contributed by atoms with Crippen molar-refractivity contribution >= 4 is 21.6 Å². The predicted octanol–water partition coefficient (Wildman–Crippen LogP) is 4.08. The summed E-state index contributed by atoms with van der Waals surface area (Å²) >= 11 is 3.45. The largest absolute Gasteiger partial charge is 0.461 e. The van der Waals surface area contributed by atoms with Gasteiger partial charge in [-0.05, 0) is 39.1 Å². The van der Waals surface area contributed by atoms with Gasteiger partial charge in [-0.15, -0.1) is 0 Å². The number of furan rings is 1. The molecular weight excluding hydrogens is 336 g/mol. The normalized spacial score (nSPS) is 12.4. The van der Waals surface area contributed by atoms with Gasteiger partial charge in [-0.2, -0.15) is 0 Å². The third-order valence-corrected chi connectivity index (χ3v) is 4.07. The fourth-order valence-corrected chi connectivity index (χ4v) is 2.74. The highest BCUT2D eigenvalue weighted by molar-refractivity contribution is 9.10. The van der Waals surface area contributed by atoms with Gasteiger partial charge in [-0.3, -0.25) is 10.1 Å². The molecule has 2 rings (SSSR count). The maximum absolute atomic E-state index is 11.1. The molecule has 1 aromatic carbocycles. The van der Waals surface area contributed by atoms with Gasteiger partial charge in [0.2, 0.25) is 0 Å². The molecule has 0 aliphatic heterocycles. The summed E-state index contributed by atoms with van der Waals surface area (Å²) in [5.41, 5.74) is 1.40. The number of benzene rings is 1. The van der Waals surface area contributed by atoms with Crippen LogP contribution in [0.3, 0.4) is 0 Å². The van der Waals surface area contributed by atoms with Gasteiger partial charge in [-0.1, -0.05) is 15.9 Å². The van der Waals surface area contributed by atoms with Gasteiger partial charge in [0.1, 0.15) is 11.5 Å². The standard InChI is InChI=1S/C15H17BrN2O3/c1-9-6-13(16)12(8-14(9)18(19)20)15-5-4-11(21-15)7-10(2)17-3/h4-6,8,10,17H,7H2,1-3H3. The van der Waals surface area contributed by atoms with E-state index in [4.69, 9.17) is 4.42 Å². The number of aryl methyl sites for hydroxylation is 1. The van der Waals surface area contributed by atoms with Crippen LogP contribution >= 0.6 is 15.9 Å². The summed E-state index contributed by atoms with van der Waals surface area (Å²) < 4.78 is 6.59. The molecule has 0 saturated carbocycles. The van der Waals surface area contributed by atoms with Crippen molar-refractivity contribution in [3.05, 3.63) is 50.2 Å². The van der Waals surface area contributed by atoms with Crippen LogP contribution in [0.4, 0.5) is 5.69 Å². The molecule has 0 spiro atoms. The highest BCUT2D eigenvalue weighted by atomic mass is 79.9. The zero-order valence-corrected chi connectivity index (χ0v) is 13.7. The number of hydrogen-bond acceptors (Lipinski definition) is 4. The Bertz CT molecular complexity index is 667. The molecule has 21 heavy (non-hydrogen) atoms. The second-order valence-electron chi connectivity index (χ2n) is 5.04. The van der Waals surface area contributed by atoms with Crippen molar-refractivity contribution in [3.63, 3.8) is 0 Å². The number of hydrogen-bond donors (Lipinski definition) is 1. The molecule has 0 amide bonds. The Hall–Kier alpha value is -1.66. The summed E-state index contributed by atoms with van der Waals surface area (Å²) in [7, 11) is 1.90. The highest BCUT2D eigenvalue weighted by Crippen LogP contribution is 2.35. The van der Waals surface area contributed by atoms with Crippen molar-refractivity contribution in [1.82, 2.24) is 5.32 Å². The van der Waals surface area contributed by atoms with E-state index in [0.717, 1.165) is 16.7 Å². The summed E-state index contributed by atoms with van der Waals surface area (Å²) in [5.74, 6) is 1.48. The Labute approximate surface area is 131 Å². The molecule has 1 N–H and O–H groups in total.